The molecule has 0 unspecified atom stereocenters. The molecule has 2 aliphatic carbocycles. The molecule has 256 valence electrons. The third-order valence-electron chi connectivity index (χ3n) is 9.22. The van der Waals surface area contributed by atoms with Crippen molar-refractivity contribution < 1.29 is 66.3 Å². The van der Waals surface area contributed by atoms with Crippen LogP contribution in [0.3, 0.4) is 0 Å². The lowest BCUT2D eigenvalue weighted by molar-refractivity contribution is -0.144. The molecule has 1 spiro atoms. The standard InChI is InChI=1S/C33H18F12O3P/c34-30(35,36)19-9-17(10-20(13-19)31(37,38)39)23-3-1-15-5-7-29-8-6-16-2-4-24(28(26(16)29)48-49(46)47-27(23)25(15)29)18-11-21(32(40,41)42)14-22(12-18)33(43,44)45/h1-4,9-14H,5-8H2/q+1. The molecule has 3 nitrogen and oxygen atoms in total. The first kappa shape index (κ1) is 33.2. The Kier molecular flexibility index (Phi) is 7.21. The first-order valence-corrected chi connectivity index (χ1v) is 15.5. The molecule has 0 fully saturated rings. The van der Waals surface area contributed by atoms with Crippen molar-refractivity contribution >= 4 is 8.25 Å². The molecule has 0 aromatic heterocycles. The first-order chi connectivity index (χ1) is 22.7. The van der Waals surface area contributed by atoms with Gasteiger partial charge >= 0.3 is 33.0 Å². The zero-order valence-corrected chi connectivity index (χ0v) is 25.2. The van der Waals surface area contributed by atoms with Crippen LogP contribution in [0.4, 0.5) is 52.7 Å². The van der Waals surface area contributed by atoms with Crippen molar-refractivity contribution in [3.8, 4) is 33.8 Å². The molecular formula is C33H18F12O3P+. The molecule has 0 radical (unpaired) electrons. The van der Waals surface area contributed by atoms with Crippen LogP contribution < -0.4 is 9.05 Å². The second kappa shape index (κ2) is 10.6. The molecule has 7 rings (SSSR count). The van der Waals surface area contributed by atoms with Crippen molar-refractivity contribution in [2.24, 2.45) is 0 Å². The topological polar surface area (TPSA) is 35.5 Å². The molecule has 3 aliphatic rings. The van der Waals surface area contributed by atoms with Crippen LogP contribution in [0.5, 0.6) is 11.5 Å². The third kappa shape index (κ3) is 5.50. The lowest BCUT2D eigenvalue weighted by Gasteiger charge is -2.30. The molecule has 4 aromatic rings. The van der Waals surface area contributed by atoms with E-state index < -0.39 is 71.8 Å². The van der Waals surface area contributed by atoms with Gasteiger partial charge in [-0.25, -0.2) is 9.05 Å². The van der Waals surface area contributed by atoms with E-state index in [1.807, 2.05) is 0 Å². The van der Waals surface area contributed by atoms with E-state index in [1.165, 1.54) is 24.3 Å². The highest BCUT2D eigenvalue weighted by Crippen LogP contribution is 2.63. The molecule has 0 N–H and O–H groups in total. The van der Waals surface area contributed by atoms with Gasteiger partial charge in [0.15, 0.2) is 0 Å². The highest BCUT2D eigenvalue weighted by Gasteiger charge is 2.54. The van der Waals surface area contributed by atoms with Gasteiger partial charge in [-0.05, 0) is 84.3 Å². The van der Waals surface area contributed by atoms with Crippen LogP contribution in [0.15, 0.2) is 60.7 Å². The van der Waals surface area contributed by atoms with Crippen molar-refractivity contribution in [3.63, 3.8) is 0 Å². The van der Waals surface area contributed by atoms with Crippen molar-refractivity contribution in [1.29, 1.82) is 0 Å². The van der Waals surface area contributed by atoms with Gasteiger partial charge in [0.05, 0.1) is 22.3 Å². The highest BCUT2D eigenvalue weighted by molar-refractivity contribution is 7.34. The van der Waals surface area contributed by atoms with Crippen LogP contribution in [0.2, 0.25) is 0 Å². The minimum Gasteiger partial charge on any atom is -0.221 e. The largest absolute Gasteiger partial charge is 0.805 e. The summed E-state index contributed by atoms with van der Waals surface area (Å²) in [6.45, 7) is 0. The summed E-state index contributed by atoms with van der Waals surface area (Å²) in [5.74, 6) is -0.572. The summed E-state index contributed by atoms with van der Waals surface area (Å²) in [7, 11) is -3.39. The Bertz CT molecular complexity index is 1850. The summed E-state index contributed by atoms with van der Waals surface area (Å²) in [4.78, 5) is 0. The van der Waals surface area contributed by atoms with E-state index in [9.17, 15) is 57.3 Å². The van der Waals surface area contributed by atoms with Crippen LogP contribution in [-0.4, -0.2) is 0 Å². The van der Waals surface area contributed by atoms with E-state index in [1.54, 1.807) is 0 Å². The van der Waals surface area contributed by atoms with E-state index in [0.717, 1.165) is 0 Å². The number of aryl methyl sites for hydroxylation is 2. The second-order valence-corrected chi connectivity index (χ2v) is 12.8. The number of hydrogen-bond acceptors (Lipinski definition) is 3. The summed E-state index contributed by atoms with van der Waals surface area (Å²) in [5, 5.41) is 0. The number of halogens is 12. The molecule has 0 saturated carbocycles. The molecule has 16 heteroatoms. The molecule has 4 aromatic carbocycles. The van der Waals surface area contributed by atoms with E-state index in [4.69, 9.17) is 9.05 Å². The van der Waals surface area contributed by atoms with Gasteiger partial charge in [-0.2, -0.15) is 52.7 Å². The van der Waals surface area contributed by atoms with Gasteiger partial charge in [0.25, 0.3) is 0 Å². The third-order valence-corrected chi connectivity index (χ3v) is 9.88. The fourth-order valence-corrected chi connectivity index (χ4v) is 7.91. The monoisotopic (exact) mass is 721 g/mol. The van der Waals surface area contributed by atoms with E-state index >= 15 is 0 Å². The molecule has 0 atom stereocenters. The van der Waals surface area contributed by atoms with Gasteiger partial charge in [0.2, 0.25) is 11.5 Å². The first-order valence-electron chi connectivity index (χ1n) is 14.4. The van der Waals surface area contributed by atoms with Gasteiger partial charge in [-0.1, -0.05) is 24.3 Å². The second-order valence-electron chi connectivity index (χ2n) is 12.0. The van der Waals surface area contributed by atoms with E-state index in [2.05, 4.69) is 0 Å². The highest BCUT2D eigenvalue weighted by atomic mass is 31.1. The zero-order valence-electron chi connectivity index (χ0n) is 24.3. The van der Waals surface area contributed by atoms with Crippen molar-refractivity contribution in [3.05, 3.63) is 105 Å². The molecular weight excluding hydrogens is 703 g/mol. The quantitative estimate of drug-likeness (QED) is 0.153. The van der Waals surface area contributed by atoms with E-state index in [-0.39, 0.29) is 47.6 Å². The maximum absolute atomic E-state index is 13.8. The lowest BCUT2D eigenvalue weighted by Crippen LogP contribution is -2.24. The fraction of sp³-hybridized carbons (Fsp3) is 0.273. The summed E-state index contributed by atoms with van der Waals surface area (Å²) >= 11 is 0. The molecule has 0 bridgehead atoms. The Hall–Kier alpha value is -4.26. The van der Waals surface area contributed by atoms with E-state index in [0.29, 0.717) is 59.4 Å². The molecule has 0 saturated heterocycles. The SMILES string of the molecule is O=[P+]1Oc2c(-c3cc(C(F)(F)F)cc(C(F)(F)F)c3)ccc3c2C2(CC3)CCc3ccc(-c4cc(C(F)(F)F)cc(C(F)(F)F)c4)c(c32)O1. The molecule has 1 heterocycles. The minimum absolute atomic E-state index is 0.0371. The maximum atomic E-state index is 13.8. The Morgan fingerprint density at radius 1 is 0.510 bits per heavy atom. The predicted octanol–water partition coefficient (Wildman–Crippen LogP) is 11.7. The van der Waals surface area contributed by atoms with Gasteiger partial charge in [0.1, 0.15) is 0 Å². The molecule has 0 amide bonds. The van der Waals surface area contributed by atoms with Gasteiger partial charge in [-0.3, -0.25) is 0 Å². The summed E-state index contributed by atoms with van der Waals surface area (Å²) in [5.41, 5.74) is -7.35. The summed E-state index contributed by atoms with van der Waals surface area (Å²) in [6, 6.07) is 7.44. The zero-order chi connectivity index (χ0) is 35.5. The average molecular weight is 721 g/mol. The molecule has 1 aliphatic heterocycles. The maximum Gasteiger partial charge on any atom is 0.805 e. The lowest BCUT2D eigenvalue weighted by atomic mass is 9.74. The van der Waals surface area contributed by atoms with Crippen LogP contribution in [0.25, 0.3) is 22.3 Å². The Labute approximate surface area is 269 Å². The minimum atomic E-state index is -5.17. The number of rotatable bonds is 2. The summed E-state index contributed by atoms with van der Waals surface area (Å²) < 4.78 is 190. The van der Waals surface area contributed by atoms with Crippen LogP contribution >= 0.6 is 8.25 Å². The van der Waals surface area contributed by atoms with Gasteiger partial charge < -0.3 is 0 Å². The Morgan fingerprint density at radius 3 is 1.14 bits per heavy atom. The van der Waals surface area contributed by atoms with Gasteiger partial charge in [0, 0.05) is 32.2 Å². The van der Waals surface area contributed by atoms with Crippen molar-refractivity contribution in [2.45, 2.75) is 55.8 Å². The predicted molar refractivity (Wildman–Crippen MR) is 150 cm³/mol. The smallest absolute Gasteiger partial charge is 0.221 e. The van der Waals surface area contributed by atoms with Gasteiger partial charge in [-0.15, -0.1) is 0 Å². The number of alkyl halides is 12. The number of hydrogen-bond donors (Lipinski definition) is 0. The Balaban J connectivity index is 1.48. The summed E-state index contributed by atoms with van der Waals surface area (Å²) in [6.07, 6.45) is -19.5. The number of benzene rings is 4. The van der Waals surface area contributed by atoms with Crippen LogP contribution in [0.1, 0.15) is 57.3 Å². The normalized spacial score (nSPS) is 16.8. The van der Waals surface area contributed by atoms with Crippen LogP contribution in [-0.2, 0) is 47.5 Å². The molecule has 49 heavy (non-hydrogen) atoms. The van der Waals surface area contributed by atoms with Crippen LogP contribution in [0, 0.1) is 0 Å². The fourth-order valence-electron chi connectivity index (χ4n) is 7.19. The Morgan fingerprint density at radius 2 is 0.837 bits per heavy atom. The van der Waals surface area contributed by atoms with Crippen molar-refractivity contribution in [1.82, 2.24) is 0 Å². The van der Waals surface area contributed by atoms with Crippen molar-refractivity contribution in [2.75, 3.05) is 0 Å². The average Bonchev–Trinajstić information content (AvgIpc) is 3.56.